The molecular formula is C23H25FN2O3. The lowest BCUT2D eigenvalue weighted by molar-refractivity contribution is -0.120. The van der Waals surface area contributed by atoms with Crippen LogP contribution in [0.2, 0.25) is 0 Å². The number of rotatable bonds is 8. The molecule has 0 aliphatic heterocycles. The van der Waals surface area contributed by atoms with Gasteiger partial charge in [-0.2, -0.15) is 0 Å². The van der Waals surface area contributed by atoms with Gasteiger partial charge in [-0.3, -0.25) is 4.79 Å². The van der Waals surface area contributed by atoms with Crippen molar-refractivity contribution in [3.05, 3.63) is 60.0 Å². The van der Waals surface area contributed by atoms with E-state index in [1.54, 1.807) is 10.8 Å². The Morgan fingerprint density at radius 3 is 2.59 bits per heavy atom. The van der Waals surface area contributed by atoms with E-state index >= 15 is 0 Å². The fraction of sp³-hybridized carbons (Fsp3) is 0.304. The van der Waals surface area contributed by atoms with E-state index in [1.807, 2.05) is 31.2 Å². The van der Waals surface area contributed by atoms with Gasteiger partial charge in [-0.1, -0.05) is 32.8 Å². The van der Waals surface area contributed by atoms with Gasteiger partial charge in [0.1, 0.15) is 5.82 Å². The minimum Gasteiger partial charge on any atom is -0.478 e. The molecule has 152 valence electrons. The fourth-order valence-electron chi connectivity index (χ4n) is 3.47. The number of fused-ring (bicyclic) bond motifs is 1. The molecular weight excluding hydrogens is 371 g/mol. The monoisotopic (exact) mass is 396 g/mol. The number of nitrogens with one attached hydrogen (secondary N) is 1. The second-order valence-electron chi connectivity index (χ2n) is 7.17. The predicted octanol–water partition coefficient (Wildman–Crippen LogP) is 5.62. The van der Waals surface area contributed by atoms with Crippen LogP contribution in [0.1, 0.15) is 49.9 Å². The van der Waals surface area contributed by atoms with E-state index in [0.717, 1.165) is 42.7 Å². The van der Waals surface area contributed by atoms with E-state index in [9.17, 15) is 14.0 Å². The van der Waals surface area contributed by atoms with Crippen LogP contribution >= 0.6 is 0 Å². The van der Waals surface area contributed by atoms with Gasteiger partial charge in [-0.05, 0) is 49.2 Å². The molecule has 2 N–H and O–H groups in total. The summed E-state index contributed by atoms with van der Waals surface area (Å²) >= 11 is 0. The predicted molar refractivity (Wildman–Crippen MR) is 112 cm³/mol. The number of amides is 1. The average Bonchev–Trinajstić information content (AvgIpc) is 3.11. The summed E-state index contributed by atoms with van der Waals surface area (Å²) in [5.74, 6) is -1.83. The van der Waals surface area contributed by atoms with Crippen LogP contribution in [0, 0.1) is 11.7 Å². The molecule has 1 atom stereocenters. The first-order valence-electron chi connectivity index (χ1n) is 9.89. The molecule has 0 spiro atoms. The molecule has 29 heavy (non-hydrogen) atoms. The summed E-state index contributed by atoms with van der Waals surface area (Å²) in [5.41, 5.74) is 1.53. The van der Waals surface area contributed by atoms with Crippen LogP contribution in [-0.2, 0) is 4.79 Å². The van der Waals surface area contributed by atoms with Gasteiger partial charge in [0.15, 0.2) is 0 Å². The third-order valence-electron chi connectivity index (χ3n) is 5.18. The summed E-state index contributed by atoms with van der Waals surface area (Å²) in [5, 5.41) is 12.9. The molecule has 3 rings (SSSR count). The van der Waals surface area contributed by atoms with Crippen molar-refractivity contribution in [3.63, 3.8) is 0 Å². The summed E-state index contributed by atoms with van der Waals surface area (Å²) in [6, 6.07) is 11.2. The van der Waals surface area contributed by atoms with Crippen molar-refractivity contribution in [1.29, 1.82) is 0 Å². The van der Waals surface area contributed by atoms with E-state index in [0.29, 0.717) is 5.69 Å². The van der Waals surface area contributed by atoms with Crippen molar-refractivity contribution in [2.24, 2.45) is 5.92 Å². The van der Waals surface area contributed by atoms with Crippen LogP contribution in [0.15, 0.2) is 48.7 Å². The van der Waals surface area contributed by atoms with Gasteiger partial charge in [0.05, 0.1) is 16.8 Å². The number of nitrogens with zero attached hydrogens (tertiary/aromatic N) is 1. The zero-order valence-electron chi connectivity index (χ0n) is 16.6. The second kappa shape index (κ2) is 8.90. The molecule has 2 aromatic carbocycles. The first kappa shape index (κ1) is 20.6. The van der Waals surface area contributed by atoms with Gasteiger partial charge in [-0.25, -0.2) is 9.18 Å². The Kier molecular flexibility index (Phi) is 6.32. The van der Waals surface area contributed by atoms with E-state index in [4.69, 9.17) is 5.11 Å². The topological polar surface area (TPSA) is 71.3 Å². The summed E-state index contributed by atoms with van der Waals surface area (Å²) in [6.07, 6.45) is 5.43. The highest BCUT2D eigenvalue weighted by Crippen LogP contribution is 2.26. The number of anilines is 1. The molecule has 3 aromatic rings. The van der Waals surface area contributed by atoms with E-state index in [2.05, 4.69) is 12.2 Å². The normalized spacial score (nSPS) is 12.1. The summed E-state index contributed by atoms with van der Waals surface area (Å²) in [6.45, 7) is 4.12. The van der Waals surface area contributed by atoms with Crippen molar-refractivity contribution in [1.82, 2.24) is 4.57 Å². The van der Waals surface area contributed by atoms with Gasteiger partial charge < -0.3 is 15.0 Å². The Morgan fingerprint density at radius 2 is 1.93 bits per heavy atom. The van der Waals surface area contributed by atoms with Gasteiger partial charge in [0.2, 0.25) is 5.91 Å². The van der Waals surface area contributed by atoms with Crippen LogP contribution in [0.3, 0.4) is 0 Å². The number of carbonyl (C=O) groups is 2. The lowest BCUT2D eigenvalue weighted by atomic mass is 9.98. The smallest absolute Gasteiger partial charge is 0.335 e. The van der Waals surface area contributed by atoms with Crippen LogP contribution in [0.25, 0.3) is 16.6 Å². The second-order valence-corrected chi connectivity index (χ2v) is 7.17. The molecule has 0 fully saturated rings. The van der Waals surface area contributed by atoms with Crippen molar-refractivity contribution in [2.75, 3.05) is 5.32 Å². The van der Waals surface area contributed by atoms with Crippen molar-refractivity contribution in [3.8, 4) is 5.69 Å². The first-order valence-corrected chi connectivity index (χ1v) is 9.89. The maximum Gasteiger partial charge on any atom is 0.335 e. The number of hydrogen-bond acceptors (Lipinski definition) is 2. The number of unbranched alkanes of at least 4 members (excludes halogenated alkanes) is 1. The Labute approximate surface area is 169 Å². The van der Waals surface area contributed by atoms with Gasteiger partial charge >= 0.3 is 5.97 Å². The zero-order chi connectivity index (χ0) is 21.0. The lowest BCUT2D eigenvalue weighted by Crippen LogP contribution is -2.22. The Morgan fingerprint density at radius 1 is 1.14 bits per heavy atom. The molecule has 0 aliphatic carbocycles. The molecule has 5 nitrogen and oxygen atoms in total. The highest BCUT2D eigenvalue weighted by Gasteiger charge is 2.17. The number of halogens is 1. The lowest BCUT2D eigenvalue weighted by Gasteiger charge is -2.15. The number of hydrogen-bond donors (Lipinski definition) is 2. The van der Waals surface area contributed by atoms with Crippen LogP contribution in [0.4, 0.5) is 10.1 Å². The number of carboxylic acids is 1. The maximum atomic E-state index is 14.5. The fourth-order valence-corrected chi connectivity index (χ4v) is 3.47. The summed E-state index contributed by atoms with van der Waals surface area (Å²) in [7, 11) is 0. The number of aromatic nitrogens is 1. The number of carbonyl (C=O) groups excluding carboxylic acids is 1. The summed E-state index contributed by atoms with van der Waals surface area (Å²) < 4.78 is 16.2. The molecule has 6 heteroatoms. The van der Waals surface area contributed by atoms with Crippen molar-refractivity contribution < 1.29 is 19.1 Å². The summed E-state index contributed by atoms with van der Waals surface area (Å²) in [4.78, 5) is 23.6. The largest absolute Gasteiger partial charge is 0.478 e. The Hall–Kier alpha value is -3.15. The highest BCUT2D eigenvalue weighted by molar-refractivity contribution is 5.95. The third-order valence-corrected chi connectivity index (χ3v) is 5.18. The van der Waals surface area contributed by atoms with E-state index < -0.39 is 11.8 Å². The molecule has 0 bridgehead atoms. The minimum absolute atomic E-state index is 0.00426. The molecule has 0 radical (unpaired) electrons. The van der Waals surface area contributed by atoms with Crippen molar-refractivity contribution in [2.45, 2.75) is 39.5 Å². The quantitative estimate of drug-likeness (QED) is 0.519. The number of aromatic carboxylic acids is 1. The average molecular weight is 396 g/mol. The van der Waals surface area contributed by atoms with Crippen molar-refractivity contribution >= 4 is 28.5 Å². The molecule has 0 saturated heterocycles. The minimum atomic E-state index is -1.17. The Balaban J connectivity index is 1.91. The standard InChI is InChI=1S/C23H25FN2O3/c1-3-5-6-15(4-2)22(27)25-18-9-7-16-11-12-26(21(16)14-18)20-10-8-17(23(28)29)13-19(20)24/h7-15H,3-6H2,1-2H3,(H,25,27)(H,28,29). The van der Waals surface area contributed by atoms with Gasteiger partial charge in [0.25, 0.3) is 0 Å². The highest BCUT2D eigenvalue weighted by atomic mass is 19.1. The molecule has 0 saturated carbocycles. The van der Waals surface area contributed by atoms with Gasteiger partial charge in [0, 0.05) is 23.2 Å². The zero-order valence-corrected chi connectivity index (χ0v) is 16.6. The molecule has 0 aliphatic rings. The van der Waals surface area contributed by atoms with Crippen LogP contribution < -0.4 is 5.32 Å². The van der Waals surface area contributed by atoms with Crippen LogP contribution in [-0.4, -0.2) is 21.6 Å². The third kappa shape index (κ3) is 4.47. The van der Waals surface area contributed by atoms with Crippen LogP contribution in [0.5, 0.6) is 0 Å². The molecule has 1 heterocycles. The Bertz CT molecular complexity index is 1040. The van der Waals surface area contributed by atoms with E-state index in [1.165, 1.54) is 12.1 Å². The number of benzene rings is 2. The van der Waals surface area contributed by atoms with E-state index in [-0.39, 0.29) is 23.1 Å². The maximum absolute atomic E-state index is 14.5. The van der Waals surface area contributed by atoms with Gasteiger partial charge in [-0.15, -0.1) is 0 Å². The number of carboxylic acid groups (broad SMARTS) is 1. The molecule has 1 aromatic heterocycles. The first-order chi connectivity index (χ1) is 13.9. The SMILES string of the molecule is CCCCC(CC)C(=O)Nc1ccc2ccn(-c3ccc(C(=O)O)cc3F)c2c1. The molecule has 1 amide bonds. The molecule has 1 unspecified atom stereocenters.